The number of allylic oxidation sites excluding steroid dienone is 4. The average Bonchev–Trinajstić information content (AvgIpc) is 3.39. The Balaban J connectivity index is 4.27. The van der Waals surface area contributed by atoms with Gasteiger partial charge in [-0.05, 0) is 51.4 Å². The van der Waals surface area contributed by atoms with E-state index < -0.39 is 6.10 Å². The Labute approximate surface area is 455 Å². The average molecular weight is 1030 g/mol. The number of carbonyl (C=O) groups excluding carboxylic acids is 3. The first-order valence-electron chi connectivity index (χ1n) is 32.8. The molecule has 0 saturated heterocycles. The van der Waals surface area contributed by atoms with Gasteiger partial charge in [0.15, 0.2) is 6.10 Å². The molecular formula is C67H126O6. The predicted octanol–water partition coefficient (Wildman–Crippen LogP) is 22.2. The topological polar surface area (TPSA) is 78.9 Å². The minimum absolute atomic E-state index is 0.0683. The summed E-state index contributed by atoms with van der Waals surface area (Å²) in [6.07, 6.45) is 74.7. The monoisotopic (exact) mass is 1030 g/mol. The SMILES string of the molecule is CCCCC/C=C\C/C=C\CCCCCCCCCC(=O)OC(COC(=O)CCCCCCCCCCCCCCCCC)COC(=O)CCCCCCCCCCCCCCCCCCCCCCCCC. The molecule has 0 N–H and O–H groups in total. The first-order chi connectivity index (χ1) is 36.0. The normalized spacial score (nSPS) is 12.1. The lowest BCUT2D eigenvalue weighted by molar-refractivity contribution is -0.167. The fraction of sp³-hybridized carbons (Fsp3) is 0.896. The van der Waals surface area contributed by atoms with Gasteiger partial charge in [0.2, 0.25) is 0 Å². The second kappa shape index (κ2) is 62.4. The van der Waals surface area contributed by atoms with Crippen molar-refractivity contribution in [1.29, 1.82) is 0 Å². The highest BCUT2D eigenvalue weighted by atomic mass is 16.6. The van der Waals surface area contributed by atoms with Crippen LogP contribution in [0.2, 0.25) is 0 Å². The molecule has 0 aliphatic rings. The minimum Gasteiger partial charge on any atom is -0.462 e. The van der Waals surface area contributed by atoms with E-state index >= 15 is 0 Å². The fourth-order valence-corrected chi connectivity index (χ4v) is 10.0. The number of carbonyl (C=O) groups is 3. The predicted molar refractivity (Wildman–Crippen MR) is 316 cm³/mol. The largest absolute Gasteiger partial charge is 0.462 e. The molecule has 0 fully saturated rings. The van der Waals surface area contributed by atoms with Crippen LogP contribution in [-0.4, -0.2) is 37.2 Å². The summed E-state index contributed by atoms with van der Waals surface area (Å²) in [6, 6.07) is 0. The van der Waals surface area contributed by atoms with Crippen molar-refractivity contribution in [2.24, 2.45) is 0 Å². The second-order valence-corrected chi connectivity index (χ2v) is 22.4. The van der Waals surface area contributed by atoms with Crippen molar-refractivity contribution in [2.45, 2.75) is 374 Å². The summed E-state index contributed by atoms with van der Waals surface area (Å²) >= 11 is 0. The lowest BCUT2D eigenvalue weighted by Crippen LogP contribution is -2.30. The van der Waals surface area contributed by atoms with Gasteiger partial charge in [-0.25, -0.2) is 0 Å². The van der Waals surface area contributed by atoms with Crippen LogP contribution in [0.4, 0.5) is 0 Å². The van der Waals surface area contributed by atoms with Crippen LogP contribution < -0.4 is 0 Å². The molecule has 73 heavy (non-hydrogen) atoms. The van der Waals surface area contributed by atoms with E-state index in [1.54, 1.807) is 0 Å². The van der Waals surface area contributed by atoms with E-state index in [0.717, 1.165) is 70.6 Å². The van der Waals surface area contributed by atoms with Gasteiger partial charge in [0.05, 0.1) is 0 Å². The van der Waals surface area contributed by atoms with Crippen molar-refractivity contribution in [3.05, 3.63) is 24.3 Å². The first-order valence-corrected chi connectivity index (χ1v) is 32.8. The highest BCUT2D eigenvalue weighted by Crippen LogP contribution is 2.18. The minimum atomic E-state index is -0.772. The molecule has 0 aliphatic heterocycles. The number of hydrogen-bond acceptors (Lipinski definition) is 6. The maximum atomic E-state index is 12.9. The molecule has 6 heteroatoms. The Bertz CT molecular complexity index is 1180. The molecule has 0 aromatic rings. The van der Waals surface area contributed by atoms with E-state index in [2.05, 4.69) is 45.1 Å². The van der Waals surface area contributed by atoms with Gasteiger partial charge < -0.3 is 14.2 Å². The molecule has 0 aromatic carbocycles. The second-order valence-electron chi connectivity index (χ2n) is 22.4. The van der Waals surface area contributed by atoms with Gasteiger partial charge in [0.25, 0.3) is 0 Å². The molecular weight excluding hydrogens is 901 g/mol. The molecule has 0 rings (SSSR count). The van der Waals surface area contributed by atoms with E-state index in [1.807, 2.05) is 0 Å². The summed E-state index contributed by atoms with van der Waals surface area (Å²) in [7, 11) is 0. The Morgan fingerprint density at radius 2 is 0.493 bits per heavy atom. The number of unbranched alkanes of at least 4 members (excludes halogenated alkanes) is 46. The molecule has 0 aromatic heterocycles. The molecule has 0 radical (unpaired) electrons. The molecule has 0 aliphatic carbocycles. The Morgan fingerprint density at radius 3 is 0.781 bits per heavy atom. The van der Waals surface area contributed by atoms with Gasteiger partial charge in [-0.2, -0.15) is 0 Å². The van der Waals surface area contributed by atoms with Crippen molar-refractivity contribution >= 4 is 17.9 Å². The number of rotatable bonds is 61. The molecule has 0 saturated carbocycles. The summed E-state index contributed by atoms with van der Waals surface area (Å²) in [5.41, 5.74) is 0. The lowest BCUT2D eigenvalue weighted by atomic mass is 10.0. The first kappa shape index (κ1) is 70.9. The summed E-state index contributed by atoms with van der Waals surface area (Å²) in [6.45, 7) is 6.68. The van der Waals surface area contributed by atoms with Crippen molar-refractivity contribution in [3.8, 4) is 0 Å². The smallest absolute Gasteiger partial charge is 0.306 e. The van der Waals surface area contributed by atoms with E-state index in [9.17, 15) is 14.4 Å². The molecule has 430 valence electrons. The molecule has 0 heterocycles. The van der Waals surface area contributed by atoms with Crippen LogP contribution in [0, 0.1) is 0 Å². The molecule has 1 unspecified atom stereocenters. The van der Waals surface area contributed by atoms with Gasteiger partial charge >= 0.3 is 17.9 Å². The van der Waals surface area contributed by atoms with E-state index in [-0.39, 0.29) is 31.1 Å². The van der Waals surface area contributed by atoms with Crippen molar-refractivity contribution < 1.29 is 28.6 Å². The van der Waals surface area contributed by atoms with Crippen LogP contribution in [0.5, 0.6) is 0 Å². The van der Waals surface area contributed by atoms with E-state index in [0.29, 0.717) is 19.3 Å². The van der Waals surface area contributed by atoms with Gasteiger partial charge in [0, 0.05) is 19.3 Å². The Hall–Kier alpha value is -2.11. The maximum absolute atomic E-state index is 12.9. The zero-order chi connectivity index (χ0) is 52.9. The van der Waals surface area contributed by atoms with E-state index in [4.69, 9.17) is 14.2 Å². The van der Waals surface area contributed by atoms with Crippen LogP contribution >= 0.6 is 0 Å². The highest BCUT2D eigenvalue weighted by Gasteiger charge is 2.19. The Kier molecular flexibility index (Phi) is 60.6. The summed E-state index contributed by atoms with van der Waals surface area (Å²) in [4.78, 5) is 38.3. The van der Waals surface area contributed by atoms with E-state index in [1.165, 1.54) is 257 Å². The highest BCUT2D eigenvalue weighted by molar-refractivity contribution is 5.71. The lowest BCUT2D eigenvalue weighted by Gasteiger charge is -2.18. The molecule has 6 nitrogen and oxygen atoms in total. The number of esters is 3. The molecule has 0 amide bonds. The van der Waals surface area contributed by atoms with Crippen LogP contribution in [0.25, 0.3) is 0 Å². The van der Waals surface area contributed by atoms with Crippen molar-refractivity contribution in [3.63, 3.8) is 0 Å². The van der Waals surface area contributed by atoms with Gasteiger partial charge in [-0.1, -0.05) is 321 Å². The van der Waals surface area contributed by atoms with Crippen LogP contribution in [0.15, 0.2) is 24.3 Å². The standard InChI is InChI=1S/C67H126O6/c1-4-7-10-13-16-19-22-25-28-30-31-32-33-34-35-37-39-42-45-48-51-54-57-60-66(69)72-63-64(62-71-65(68)59-56-53-50-47-44-41-38-27-24-21-18-15-12-9-6-3)73-67(70)61-58-55-52-49-46-43-40-36-29-26-23-20-17-14-11-8-5-2/h17,20,26,29,64H,4-16,18-19,21-25,27-28,30-63H2,1-3H3/b20-17-,29-26-. The molecule has 1 atom stereocenters. The number of ether oxygens (including phenoxy) is 3. The van der Waals surface area contributed by atoms with Crippen LogP contribution in [0.1, 0.15) is 367 Å². The van der Waals surface area contributed by atoms with Gasteiger partial charge in [-0.15, -0.1) is 0 Å². The maximum Gasteiger partial charge on any atom is 0.306 e. The molecule has 0 spiro atoms. The van der Waals surface area contributed by atoms with Crippen LogP contribution in [-0.2, 0) is 28.6 Å². The van der Waals surface area contributed by atoms with Gasteiger partial charge in [-0.3, -0.25) is 14.4 Å². The van der Waals surface area contributed by atoms with Crippen molar-refractivity contribution in [2.75, 3.05) is 13.2 Å². The zero-order valence-electron chi connectivity index (χ0n) is 49.4. The third-order valence-electron chi connectivity index (χ3n) is 15.0. The summed E-state index contributed by atoms with van der Waals surface area (Å²) in [5, 5.41) is 0. The third kappa shape index (κ3) is 60.6. The van der Waals surface area contributed by atoms with Crippen molar-refractivity contribution in [1.82, 2.24) is 0 Å². The van der Waals surface area contributed by atoms with Crippen LogP contribution in [0.3, 0.4) is 0 Å². The quantitative estimate of drug-likeness (QED) is 0.0261. The third-order valence-corrected chi connectivity index (χ3v) is 15.0. The summed E-state index contributed by atoms with van der Waals surface area (Å²) < 4.78 is 17.0. The van der Waals surface area contributed by atoms with Gasteiger partial charge in [0.1, 0.15) is 13.2 Å². The number of hydrogen-bond donors (Lipinski definition) is 0. The molecule has 0 bridgehead atoms. The zero-order valence-corrected chi connectivity index (χ0v) is 49.4. The fourth-order valence-electron chi connectivity index (χ4n) is 10.0. The summed E-state index contributed by atoms with van der Waals surface area (Å²) in [5.74, 6) is -0.847. The Morgan fingerprint density at radius 1 is 0.274 bits per heavy atom.